The van der Waals surface area contributed by atoms with E-state index >= 15 is 0 Å². The van der Waals surface area contributed by atoms with Gasteiger partial charge < -0.3 is 15.5 Å². The fourth-order valence-electron chi connectivity index (χ4n) is 4.29. The molecule has 30 heavy (non-hydrogen) atoms. The Hall–Kier alpha value is -2.15. The molecular formula is C22H28Cl2N4O2. The van der Waals surface area contributed by atoms with Crippen LogP contribution in [-0.4, -0.2) is 47.9 Å². The third-order valence-corrected chi connectivity index (χ3v) is 5.99. The number of nitrogens with zero attached hydrogens (tertiary/aromatic N) is 2. The summed E-state index contributed by atoms with van der Waals surface area (Å²) in [5.74, 6) is 1.10. The molecule has 0 bridgehead atoms. The number of halogens is 2. The van der Waals surface area contributed by atoms with Crippen molar-refractivity contribution in [2.24, 2.45) is 11.8 Å². The van der Waals surface area contributed by atoms with Crippen LogP contribution in [0.3, 0.4) is 0 Å². The Labute approximate surface area is 189 Å². The maximum absolute atomic E-state index is 13.3. The smallest absolute Gasteiger partial charge is 0.255 e. The standard InChI is InChI=1S/C22H26N4O2.2ClH/c1-15-3-2-4-19(20(15)25-21(27)16-5-9-23-10-6-16)22(28)26-11-7-17-13-24-14-18(17)8-12-26;;/h2-6,9-10,17-18,24H,7-8,11-14H2,1H3,(H,25,27);2*1H/t17-,18+;;. The van der Waals surface area contributed by atoms with Crippen LogP contribution in [0.2, 0.25) is 0 Å². The van der Waals surface area contributed by atoms with Crippen molar-refractivity contribution in [3.63, 3.8) is 0 Å². The Morgan fingerprint density at radius 2 is 1.67 bits per heavy atom. The summed E-state index contributed by atoms with van der Waals surface area (Å²) >= 11 is 0. The van der Waals surface area contributed by atoms with E-state index in [1.807, 2.05) is 30.0 Å². The molecule has 6 nitrogen and oxygen atoms in total. The van der Waals surface area contributed by atoms with Crippen LogP contribution in [0.4, 0.5) is 5.69 Å². The quantitative estimate of drug-likeness (QED) is 0.749. The number of rotatable bonds is 3. The molecule has 3 heterocycles. The second-order valence-electron chi connectivity index (χ2n) is 7.74. The lowest BCUT2D eigenvalue weighted by Crippen LogP contribution is -2.33. The predicted molar refractivity (Wildman–Crippen MR) is 123 cm³/mol. The highest BCUT2D eigenvalue weighted by atomic mass is 35.5. The number of carbonyl (C=O) groups excluding carboxylic acids is 2. The van der Waals surface area contributed by atoms with E-state index in [0.717, 1.165) is 44.6 Å². The highest BCUT2D eigenvalue weighted by molar-refractivity contribution is 6.09. The molecule has 0 aliphatic carbocycles. The summed E-state index contributed by atoms with van der Waals surface area (Å²) in [6.45, 7) is 5.58. The number of likely N-dealkylation sites (tertiary alicyclic amines) is 1. The average molecular weight is 451 g/mol. The minimum absolute atomic E-state index is 0. The number of aromatic nitrogens is 1. The van der Waals surface area contributed by atoms with E-state index in [2.05, 4.69) is 15.6 Å². The number of amides is 2. The van der Waals surface area contributed by atoms with Gasteiger partial charge in [0.15, 0.2) is 0 Å². The highest BCUT2D eigenvalue weighted by Crippen LogP contribution is 2.29. The van der Waals surface area contributed by atoms with Crippen molar-refractivity contribution in [2.45, 2.75) is 19.8 Å². The molecule has 1 aromatic heterocycles. The SMILES string of the molecule is Cc1cccc(C(=O)N2CC[C@@H]3CNC[C@@H]3CC2)c1NC(=O)c1ccncc1.Cl.Cl. The van der Waals surface area contributed by atoms with Gasteiger partial charge in [-0.3, -0.25) is 14.6 Å². The second kappa shape index (κ2) is 10.8. The van der Waals surface area contributed by atoms with Gasteiger partial charge in [0.1, 0.15) is 0 Å². The first kappa shape index (κ1) is 24.1. The molecule has 2 saturated heterocycles. The van der Waals surface area contributed by atoms with Crippen LogP contribution in [0.5, 0.6) is 0 Å². The third kappa shape index (κ3) is 5.12. The summed E-state index contributed by atoms with van der Waals surface area (Å²) in [5, 5.41) is 6.41. The van der Waals surface area contributed by atoms with Gasteiger partial charge in [0.25, 0.3) is 11.8 Å². The van der Waals surface area contributed by atoms with E-state index in [4.69, 9.17) is 0 Å². The first-order valence-electron chi connectivity index (χ1n) is 9.94. The minimum atomic E-state index is -0.234. The number of nitrogens with one attached hydrogen (secondary N) is 2. The zero-order valence-corrected chi connectivity index (χ0v) is 18.6. The molecule has 2 N–H and O–H groups in total. The lowest BCUT2D eigenvalue weighted by Gasteiger charge is -2.23. The molecule has 162 valence electrons. The molecule has 0 saturated carbocycles. The van der Waals surface area contributed by atoms with Gasteiger partial charge in [-0.15, -0.1) is 24.8 Å². The van der Waals surface area contributed by atoms with Crippen LogP contribution in [-0.2, 0) is 0 Å². The fraction of sp³-hybridized carbons (Fsp3) is 0.409. The van der Waals surface area contributed by atoms with Gasteiger partial charge in [0.2, 0.25) is 0 Å². The number of benzene rings is 1. The van der Waals surface area contributed by atoms with Crippen LogP contribution in [0.15, 0.2) is 42.7 Å². The number of aryl methyl sites for hydroxylation is 1. The molecule has 2 aromatic rings. The maximum Gasteiger partial charge on any atom is 0.255 e. The lowest BCUT2D eigenvalue weighted by atomic mass is 9.92. The zero-order valence-electron chi connectivity index (χ0n) is 17.0. The van der Waals surface area contributed by atoms with Gasteiger partial charge in [0, 0.05) is 31.0 Å². The molecule has 2 aliphatic heterocycles. The summed E-state index contributed by atoms with van der Waals surface area (Å²) in [6.07, 6.45) is 5.24. The van der Waals surface area contributed by atoms with E-state index in [-0.39, 0.29) is 36.6 Å². The van der Waals surface area contributed by atoms with E-state index in [1.165, 1.54) is 0 Å². The third-order valence-electron chi connectivity index (χ3n) is 5.99. The topological polar surface area (TPSA) is 74.3 Å². The lowest BCUT2D eigenvalue weighted by molar-refractivity contribution is 0.0759. The van der Waals surface area contributed by atoms with E-state index in [1.54, 1.807) is 24.5 Å². The summed E-state index contributed by atoms with van der Waals surface area (Å²) in [6, 6.07) is 8.93. The maximum atomic E-state index is 13.3. The Bertz CT molecular complexity index is 865. The van der Waals surface area contributed by atoms with Crippen LogP contribution in [0, 0.1) is 18.8 Å². The van der Waals surface area contributed by atoms with Gasteiger partial charge in [-0.1, -0.05) is 12.1 Å². The molecule has 1 aromatic carbocycles. The van der Waals surface area contributed by atoms with Crippen molar-refractivity contribution in [1.82, 2.24) is 15.2 Å². The number of hydrogen-bond acceptors (Lipinski definition) is 4. The van der Waals surface area contributed by atoms with Crippen molar-refractivity contribution in [3.05, 3.63) is 59.4 Å². The van der Waals surface area contributed by atoms with Gasteiger partial charge in [-0.25, -0.2) is 0 Å². The number of carbonyl (C=O) groups is 2. The molecule has 0 radical (unpaired) electrons. The van der Waals surface area contributed by atoms with Gasteiger partial charge in [0.05, 0.1) is 11.3 Å². The average Bonchev–Trinajstić information content (AvgIpc) is 3.08. The minimum Gasteiger partial charge on any atom is -0.339 e. The molecule has 2 amide bonds. The predicted octanol–water partition coefficient (Wildman–Crippen LogP) is 3.56. The first-order chi connectivity index (χ1) is 13.6. The van der Waals surface area contributed by atoms with Gasteiger partial charge in [-0.2, -0.15) is 0 Å². The van der Waals surface area contributed by atoms with Crippen LogP contribution in [0.1, 0.15) is 39.1 Å². The molecule has 2 aliphatic rings. The van der Waals surface area contributed by atoms with Crippen molar-refractivity contribution in [3.8, 4) is 0 Å². The Morgan fingerprint density at radius 1 is 1.03 bits per heavy atom. The summed E-state index contributed by atoms with van der Waals surface area (Å²) in [4.78, 5) is 31.8. The summed E-state index contributed by atoms with van der Waals surface area (Å²) in [7, 11) is 0. The normalized spacial score (nSPS) is 20.2. The van der Waals surface area contributed by atoms with Crippen molar-refractivity contribution in [2.75, 3.05) is 31.5 Å². The summed E-state index contributed by atoms with van der Waals surface area (Å²) < 4.78 is 0. The largest absolute Gasteiger partial charge is 0.339 e. The van der Waals surface area contributed by atoms with E-state index in [9.17, 15) is 9.59 Å². The molecule has 2 fully saturated rings. The fourth-order valence-corrected chi connectivity index (χ4v) is 4.29. The molecular weight excluding hydrogens is 423 g/mol. The number of fused-ring (bicyclic) bond motifs is 1. The Balaban J connectivity index is 0.00000160. The van der Waals surface area contributed by atoms with Crippen LogP contribution < -0.4 is 10.6 Å². The van der Waals surface area contributed by atoms with Crippen molar-refractivity contribution in [1.29, 1.82) is 0 Å². The van der Waals surface area contributed by atoms with Crippen molar-refractivity contribution < 1.29 is 9.59 Å². The first-order valence-corrected chi connectivity index (χ1v) is 9.94. The second-order valence-corrected chi connectivity index (χ2v) is 7.74. The molecule has 0 unspecified atom stereocenters. The van der Waals surface area contributed by atoms with Crippen LogP contribution >= 0.6 is 24.8 Å². The number of pyridine rings is 1. The number of anilines is 1. The molecule has 0 spiro atoms. The van der Waals surface area contributed by atoms with Gasteiger partial charge in [-0.05, 0) is 68.5 Å². The Kier molecular flexibility index (Phi) is 8.65. The molecule has 8 heteroatoms. The molecule has 4 rings (SSSR count). The highest BCUT2D eigenvalue weighted by Gasteiger charge is 2.32. The van der Waals surface area contributed by atoms with Gasteiger partial charge >= 0.3 is 0 Å². The number of para-hydroxylation sites is 1. The summed E-state index contributed by atoms with van der Waals surface area (Å²) in [5.41, 5.74) is 2.56. The Morgan fingerprint density at radius 3 is 2.30 bits per heavy atom. The van der Waals surface area contributed by atoms with Crippen LogP contribution in [0.25, 0.3) is 0 Å². The van der Waals surface area contributed by atoms with Crippen molar-refractivity contribution >= 4 is 42.3 Å². The number of hydrogen-bond donors (Lipinski definition) is 2. The van der Waals surface area contributed by atoms with E-state index < -0.39 is 0 Å². The van der Waals surface area contributed by atoms with E-state index in [0.29, 0.717) is 28.7 Å². The molecule has 2 atom stereocenters. The zero-order chi connectivity index (χ0) is 19.5. The monoisotopic (exact) mass is 450 g/mol.